The molecule has 0 spiro atoms. The van der Waals surface area contributed by atoms with Crippen molar-refractivity contribution >= 4 is 22.5 Å². The summed E-state index contributed by atoms with van der Waals surface area (Å²) < 4.78 is 2.46. The van der Waals surface area contributed by atoms with Gasteiger partial charge in [0.25, 0.3) is 0 Å². The molecule has 1 nitrogen and oxygen atoms in total. The molecule has 2 aromatic rings. The third-order valence-corrected chi connectivity index (χ3v) is 4.90. The number of fused-ring (bicyclic) bond motifs is 2. The van der Waals surface area contributed by atoms with Crippen LogP contribution in [0.4, 0.5) is 0 Å². The van der Waals surface area contributed by atoms with E-state index >= 15 is 0 Å². The van der Waals surface area contributed by atoms with Crippen LogP contribution in [0.1, 0.15) is 37.3 Å². The average molecular weight is 284 g/mol. The van der Waals surface area contributed by atoms with Crippen molar-refractivity contribution in [3.8, 4) is 0 Å². The molecule has 1 aromatic carbocycles. The standard InChI is InChI=1S/C18H18ClN/c1-12-11-20(18-9-7-14(19)10-16(12)18)17-8-6-13-4-2-3-5-15(13)17/h4-5,7,9-11,17H,2-3,6,8H2,1H3. The minimum atomic E-state index is 0.513. The number of aryl methyl sites for hydroxylation is 1. The Labute approximate surface area is 124 Å². The topological polar surface area (TPSA) is 4.93 Å². The highest BCUT2D eigenvalue weighted by Gasteiger charge is 2.28. The Morgan fingerprint density at radius 1 is 1.20 bits per heavy atom. The molecule has 0 saturated heterocycles. The van der Waals surface area contributed by atoms with Gasteiger partial charge in [-0.25, -0.2) is 0 Å². The Bertz CT molecular complexity index is 748. The maximum Gasteiger partial charge on any atom is 0.0588 e. The van der Waals surface area contributed by atoms with Gasteiger partial charge in [-0.2, -0.15) is 0 Å². The molecule has 1 unspecified atom stereocenters. The molecule has 1 aromatic heterocycles. The van der Waals surface area contributed by atoms with E-state index in [4.69, 9.17) is 11.6 Å². The number of nitrogens with zero attached hydrogens (tertiary/aromatic N) is 1. The van der Waals surface area contributed by atoms with Crippen LogP contribution in [0.5, 0.6) is 0 Å². The van der Waals surface area contributed by atoms with Crippen LogP contribution in [0.3, 0.4) is 0 Å². The maximum atomic E-state index is 6.14. The van der Waals surface area contributed by atoms with Gasteiger partial charge in [-0.1, -0.05) is 23.8 Å². The monoisotopic (exact) mass is 283 g/mol. The summed E-state index contributed by atoms with van der Waals surface area (Å²) >= 11 is 6.14. The van der Waals surface area contributed by atoms with E-state index in [1.54, 1.807) is 11.1 Å². The molecule has 20 heavy (non-hydrogen) atoms. The van der Waals surface area contributed by atoms with Crippen molar-refractivity contribution in [3.63, 3.8) is 0 Å². The van der Waals surface area contributed by atoms with Crippen molar-refractivity contribution in [1.82, 2.24) is 4.57 Å². The number of benzene rings is 1. The zero-order valence-electron chi connectivity index (χ0n) is 11.7. The first kappa shape index (κ1) is 12.3. The normalized spacial score (nSPS) is 21.8. The highest BCUT2D eigenvalue weighted by Crippen LogP contribution is 2.44. The Kier molecular flexibility index (Phi) is 2.78. The third-order valence-electron chi connectivity index (χ3n) is 4.67. The third kappa shape index (κ3) is 1.76. The van der Waals surface area contributed by atoms with Crippen molar-refractivity contribution < 1.29 is 0 Å². The Morgan fingerprint density at radius 2 is 2.05 bits per heavy atom. The summed E-state index contributed by atoms with van der Waals surface area (Å²) in [5.41, 5.74) is 5.76. The molecule has 2 aliphatic carbocycles. The number of allylic oxidation sites excluding steroid dienone is 4. The summed E-state index contributed by atoms with van der Waals surface area (Å²) in [6.07, 6.45) is 12.0. The Hall–Kier alpha value is -1.47. The van der Waals surface area contributed by atoms with Gasteiger partial charge in [-0.15, -0.1) is 0 Å². The molecule has 0 radical (unpaired) electrons. The summed E-state index contributed by atoms with van der Waals surface area (Å²) in [6, 6.07) is 6.76. The molecular weight excluding hydrogens is 266 g/mol. The van der Waals surface area contributed by atoms with Crippen LogP contribution in [-0.2, 0) is 0 Å². The van der Waals surface area contributed by atoms with Gasteiger partial charge in [0, 0.05) is 22.1 Å². The quantitative estimate of drug-likeness (QED) is 0.643. The van der Waals surface area contributed by atoms with E-state index in [1.165, 1.54) is 42.1 Å². The summed E-state index contributed by atoms with van der Waals surface area (Å²) in [4.78, 5) is 0. The molecule has 1 fully saturated rings. The fourth-order valence-electron chi connectivity index (χ4n) is 3.73. The lowest BCUT2D eigenvalue weighted by atomic mass is 9.99. The fourth-order valence-corrected chi connectivity index (χ4v) is 3.91. The zero-order chi connectivity index (χ0) is 13.7. The molecule has 2 aliphatic rings. The van der Waals surface area contributed by atoms with Crippen LogP contribution in [0.15, 0.2) is 47.7 Å². The van der Waals surface area contributed by atoms with Crippen molar-refractivity contribution in [2.24, 2.45) is 0 Å². The van der Waals surface area contributed by atoms with Crippen molar-refractivity contribution in [2.75, 3.05) is 0 Å². The number of hydrogen-bond donors (Lipinski definition) is 0. The molecule has 1 saturated carbocycles. The lowest BCUT2D eigenvalue weighted by Gasteiger charge is -2.18. The second kappa shape index (κ2) is 4.53. The summed E-state index contributed by atoms with van der Waals surface area (Å²) in [6.45, 7) is 2.18. The maximum absolute atomic E-state index is 6.14. The average Bonchev–Trinajstić information content (AvgIpc) is 3.01. The first-order chi connectivity index (χ1) is 9.74. The lowest BCUT2D eigenvalue weighted by molar-refractivity contribution is 0.602. The SMILES string of the molecule is Cc1cn(C2CCC3=CCCC=C32)c2ccc(Cl)cc12. The van der Waals surface area contributed by atoms with Crippen LogP contribution < -0.4 is 0 Å². The van der Waals surface area contributed by atoms with Crippen LogP contribution in [0.2, 0.25) is 5.02 Å². The van der Waals surface area contributed by atoms with E-state index in [0.29, 0.717) is 6.04 Å². The van der Waals surface area contributed by atoms with Gasteiger partial charge in [-0.05, 0) is 67.5 Å². The number of halogens is 1. The summed E-state index contributed by atoms with van der Waals surface area (Å²) in [7, 11) is 0. The predicted molar refractivity (Wildman–Crippen MR) is 85.4 cm³/mol. The molecule has 0 N–H and O–H groups in total. The van der Waals surface area contributed by atoms with Gasteiger partial charge in [-0.3, -0.25) is 0 Å². The van der Waals surface area contributed by atoms with Crippen molar-refractivity contribution in [2.45, 2.75) is 38.6 Å². The highest BCUT2D eigenvalue weighted by atomic mass is 35.5. The fraction of sp³-hybridized carbons (Fsp3) is 0.333. The van der Waals surface area contributed by atoms with Gasteiger partial charge in [0.15, 0.2) is 0 Å². The molecule has 0 bridgehead atoms. The van der Waals surface area contributed by atoms with E-state index in [9.17, 15) is 0 Å². The number of hydrogen-bond acceptors (Lipinski definition) is 0. The van der Waals surface area contributed by atoms with Crippen LogP contribution in [0, 0.1) is 6.92 Å². The van der Waals surface area contributed by atoms with E-state index in [-0.39, 0.29) is 0 Å². The Morgan fingerprint density at radius 3 is 2.95 bits per heavy atom. The van der Waals surface area contributed by atoms with Gasteiger partial charge >= 0.3 is 0 Å². The zero-order valence-corrected chi connectivity index (χ0v) is 12.5. The van der Waals surface area contributed by atoms with Gasteiger partial charge in [0.2, 0.25) is 0 Å². The molecule has 102 valence electrons. The first-order valence-electron chi connectivity index (χ1n) is 7.40. The van der Waals surface area contributed by atoms with Gasteiger partial charge in [0.1, 0.15) is 0 Å². The van der Waals surface area contributed by atoms with Crippen molar-refractivity contribution in [1.29, 1.82) is 0 Å². The number of rotatable bonds is 1. The van der Waals surface area contributed by atoms with E-state index in [0.717, 1.165) is 5.02 Å². The molecule has 0 amide bonds. The number of aromatic nitrogens is 1. The van der Waals surface area contributed by atoms with E-state index in [1.807, 2.05) is 6.07 Å². The van der Waals surface area contributed by atoms with Crippen LogP contribution in [-0.4, -0.2) is 4.57 Å². The molecule has 4 rings (SSSR count). The van der Waals surface area contributed by atoms with Gasteiger partial charge in [0.05, 0.1) is 6.04 Å². The van der Waals surface area contributed by atoms with Gasteiger partial charge < -0.3 is 4.57 Å². The molecular formula is C18H18ClN. The summed E-state index contributed by atoms with van der Waals surface area (Å²) in [5.74, 6) is 0. The largest absolute Gasteiger partial charge is 0.340 e. The van der Waals surface area contributed by atoms with E-state index in [2.05, 4.69) is 42.0 Å². The Balaban J connectivity index is 1.87. The predicted octanol–water partition coefficient (Wildman–Crippen LogP) is 5.58. The minimum Gasteiger partial charge on any atom is -0.340 e. The minimum absolute atomic E-state index is 0.513. The second-order valence-corrected chi connectivity index (χ2v) is 6.34. The molecule has 1 atom stereocenters. The first-order valence-corrected chi connectivity index (χ1v) is 7.78. The van der Waals surface area contributed by atoms with Crippen molar-refractivity contribution in [3.05, 3.63) is 58.3 Å². The van der Waals surface area contributed by atoms with Crippen LogP contribution >= 0.6 is 11.6 Å². The molecule has 1 heterocycles. The van der Waals surface area contributed by atoms with Crippen LogP contribution in [0.25, 0.3) is 10.9 Å². The molecule has 2 heteroatoms. The van der Waals surface area contributed by atoms with E-state index < -0.39 is 0 Å². The smallest absolute Gasteiger partial charge is 0.0588 e. The highest BCUT2D eigenvalue weighted by molar-refractivity contribution is 6.31. The second-order valence-electron chi connectivity index (χ2n) is 5.90. The molecule has 0 aliphatic heterocycles. The summed E-state index contributed by atoms with van der Waals surface area (Å²) in [5, 5.41) is 2.11. The lowest BCUT2D eigenvalue weighted by Crippen LogP contribution is -2.06.